The normalized spacial score (nSPS) is 13.8. The fourth-order valence-corrected chi connectivity index (χ4v) is 3.63. The molecule has 0 aliphatic rings. The van der Waals surface area contributed by atoms with E-state index in [4.69, 9.17) is 14.5 Å². The fourth-order valence-electron chi connectivity index (χ4n) is 3.25. The van der Waals surface area contributed by atoms with Gasteiger partial charge in [-0.15, -0.1) is 0 Å². The summed E-state index contributed by atoms with van der Waals surface area (Å²) < 4.78 is 10.7. The third-order valence-corrected chi connectivity index (χ3v) is 4.45. The van der Waals surface area contributed by atoms with Crippen LogP contribution in [0.1, 0.15) is 56.5 Å². The van der Waals surface area contributed by atoms with Crippen LogP contribution in [0.15, 0.2) is 24.3 Å². The summed E-state index contributed by atoms with van der Waals surface area (Å²) in [6.07, 6.45) is 0.893. The van der Waals surface area contributed by atoms with Gasteiger partial charge in [-0.2, -0.15) is 5.26 Å². The van der Waals surface area contributed by atoms with Crippen molar-refractivity contribution >= 4 is 15.4 Å². The van der Waals surface area contributed by atoms with E-state index in [1.807, 2.05) is 12.1 Å². The van der Waals surface area contributed by atoms with Gasteiger partial charge in [-0.3, -0.25) is 4.90 Å². The minimum absolute atomic E-state index is 0.213. The van der Waals surface area contributed by atoms with Crippen LogP contribution in [0.25, 0.3) is 0 Å². The largest absolute Gasteiger partial charge is 0.465 e. The number of carbonyl (C=O) groups is 1. The van der Waals surface area contributed by atoms with Crippen molar-refractivity contribution in [3.05, 3.63) is 35.4 Å². The zero-order chi connectivity index (χ0) is 18.3. The molecule has 0 bridgehead atoms. The quantitative estimate of drug-likeness (QED) is 0.405. The highest BCUT2D eigenvalue weighted by atomic mass is 31.0. The van der Waals surface area contributed by atoms with Gasteiger partial charge in [0.05, 0.1) is 18.7 Å². The molecule has 0 radical (unpaired) electrons. The van der Waals surface area contributed by atoms with Gasteiger partial charge in [0.2, 0.25) is 0 Å². The van der Waals surface area contributed by atoms with Gasteiger partial charge in [0.25, 0.3) is 0 Å². The number of hydrogen-bond donors (Lipinski definition) is 0. The third kappa shape index (κ3) is 4.33. The first-order valence-electron chi connectivity index (χ1n) is 8.06. The second-order valence-corrected chi connectivity index (χ2v) is 6.46. The van der Waals surface area contributed by atoms with Gasteiger partial charge in [-0.05, 0) is 45.4 Å². The first-order valence-corrected chi connectivity index (χ1v) is 8.53. The van der Waals surface area contributed by atoms with Crippen molar-refractivity contribution in [1.82, 2.24) is 4.90 Å². The molecule has 24 heavy (non-hydrogen) atoms. The van der Waals surface area contributed by atoms with Crippen molar-refractivity contribution in [3.63, 3.8) is 0 Å². The van der Waals surface area contributed by atoms with E-state index in [2.05, 4.69) is 48.1 Å². The Bertz CT molecular complexity index is 573. The monoisotopic (exact) mass is 350 g/mol. The van der Waals surface area contributed by atoms with E-state index in [1.54, 1.807) is 12.1 Å². The number of carbonyl (C=O) groups excluding carboxylic acids is 1. The predicted molar refractivity (Wildman–Crippen MR) is 97.2 cm³/mol. The number of nitriles is 1. The Morgan fingerprint density at radius 1 is 1.25 bits per heavy atom. The molecule has 0 aromatic heterocycles. The zero-order valence-corrected chi connectivity index (χ0v) is 16.2. The van der Waals surface area contributed by atoms with E-state index in [0.29, 0.717) is 18.4 Å². The van der Waals surface area contributed by atoms with E-state index in [0.717, 1.165) is 5.56 Å². The molecule has 0 aliphatic heterocycles. The predicted octanol–water partition coefficient (Wildman–Crippen LogP) is 3.86. The van der Waals surface area contributed by atoms with Gasteiger partial charge in [0.1, 0.15) is 0 Å². The van der Waals surface area contributed by atoms with Crippen LogP contribution in [0.4, 0.5) is 0 Å². The van der Waals surface area contributed by atoms with Crippen molar-refractivity contribution in [3.8, 4) is 6.07 Å². The van der Waals surface area contributed by atoms with Crippen molar-refractivity contribution in [2.24, 2.45) is 0 Å². The number of rotatable bonds is 8. The van der Waals surface area contributed by atoms with Crippen molar-refractivity contribution in [2.75, 3.05) is 7.11 Å². The van der Waals surface area contributed by atoms with Crippen LogP contribution in [0.2, 0.25) is 0 Å². The lowest BCUT2D eigenvalue weighted by molar-refractivity contribution is -0.121. The smallest absolute Gasteiger partial charge is 0.337 e. The summed E-state index contributed by atoms with van der Waals surface area (Å²) in [5.41, 5.74) is 0.639. The van der Waals surface area contributed by atoms with Crippen LogP contribution >= 0.6 is 9.47 Å². The molecular weight excluding hydrogens is 323 g/mol. The average molecular weight is 350 g/mol. The van der Waals surface area contributed by atoms with Gasteiger partial charge in [0.15, 0.2) is 5.72 Å². The van der Waals surface area contributed by atoms with E-state index in [9.17, 15) is 4.79 Å². The van der Waals surface area contributed by atoms with E-state index >= 15 is 0 Å². The fraction of sp³-hybridized carbons (Fsp3) is 0.556. The Balaban J connectivity index is 3.41. The molecule has 1 aromatic rings. The maximum atomic E-state index is 11.7. The Labute approximate surface area is 147 Å². The molecule has 132 valence electrons. The third-order valence-electron chi connectivity index (χ3n) is 4.06. The van der Waals surface area contributed by atoms with Gasteiger partial charge < -0.3 is 9.26 Å². The summed E-state index contributed by atoms with van der Waals surface area (Å²) >= 11 is 0. The SMILES string of the molecule is COC(=O)c1ccc(C(CCC#N)(OP)N(C(C)C)C(C)C)cc1. The molecule has 2 unspecified atom stereocenters. The summed E-state index contributed by atoms with van der Waals surface area (Å²) in [5.74, 6) is -0.374. The molecule has 0 fully saturated rings. The number of nitrogens with zero attached hydrogens (tertiary/aromatic N) is 2. The number of benzene rings is 1. The average Bonchev–Trinajstić information content (AvgIpc) is 2.57. The molecule has 6 heteroatoms. The Morgan fingerprint density at radius 2 is 1.79 bits per heavy atom. The van der Waals surface area contributed by atoms with Crippen LogP contribution in [-0.2, 0) is 15.0 Å². The lowest BCUT2D eigenvalue weighted by Gasteiger charge is -2.47. The minimum atomic E-state index is -0.753. The number of ether oxygens (including phenoxy) is 1. The summed E-state index contributed by atoms with van der Waals surface area (Å²) in [7, 11) is 3.71. The molecular formula is C18H27N2O3P. The Kier molecular flexibility index (Phi) is 7.83. The number of hydrogen-bond acceptors (Lipinski definition) is 5. The van der Waals surface area contributed by atoms with Crippen LogP contribution in [0.5, 0.6) is 0 Å². The molecule has 0 N–H and O–H groups in total. The summed E-state index contributed by atoms with van der Waals surface area (Å²) in [4.78, 5) is 13.9. The Morgan fingerprint density at radius 3 is 2.17 bits per heavy atom. The lowest BCUT2D eigenvalue weighted by atomic mass is 9.92. The van der Waals surface area contributed by atoms with Gasteiger partial charge in [-0.25, -0.2) is 4.79 Å². The Hall–Kier alpha value is -1.47. The highest BCUT2D eigenvalue weighted by molar-refractivity contribution is 7.09. The highest BCUT2D eigenvalue weighted by Gasteiger charge is 2.41. The van der Waals surface area contributed by atoms with Crippen LogP contribution in [0.3, 0.4) is 0 Å². The summed E-state index contributed by atoms with van der Waals surface area (Å²) in [6, 6.07) is 9.82. The maximum absolute atomic E-state index is 11.7. The first kappa shape index (κ1) is 20.6. The van der Waals surface area contributed by atoms with Gasteiger partial charge in [-0.1, -0.05) is 12.1 Å². The number of esters is 1. The minimum Gasteiger partial charge on any atom is -0.465 e. The second-order valence-electron chi connectivity index (χ2n) is 6.22. The second kappa shape index (κ2) is 9.13. The molecule has 0 amide bonds. The molecule has 5 nitrogen and oxygen atoms in total. The van der Waals surface area contributed by atoms with E-state index in [-0.39, 0.29) is 18.1 Å². The molecule has 0 heterocycles. The lowest BCUT2D eigenvalue weighted by Crippen LogP contribution is -2.53. The molecule has 0 saturated carbocycles. The molecule has 0 spiro atoms. The van der Waals surface area contributed by atoms with E-state index in [1.165, 1.54) is 7.11 Å². The van der Waals surface area contributed by atoms with Crippen LogP contribution in [-0.4, -0.2) is 30.1 Å². The topological polar surface area (TPSA) is 62.6 Å². The van der Waals surface area contributed by atoms with Crippen molar-refractivity contribution in [2.45, 2.75) is 58.3 Å². The van der Waals surface area contributed by atoms with Crippen LogP contribution < -0.4 is 0 Å². The van der Waals surface area contributed by atoms with Gasteiger partial charge in [0, 0.05) is 34.4 Å². The molecule has 1 rings (SSSR count). The first-order chi connectivity index (χ1) is 11.3. The van der Waals surface area contributed by atoms with Crippen molar-refractivity contribution in [1.29, 1.82) is 5.26 Å². The van der Waals surface area contributed by atoms with Gasteiger partial charge >= 0.3 is 5.97 Å². The molecule has 2 atom stereocenters. The molecule has 0 saturated heterocycles. The maximum Gasteiger partial charge on any atom is 0.337 e. The van der Waals surface area contributed by atoms with Crippen molar-refractivity contribution < 1.29 is 14.1 Å². The highest BCUT2D eigenvalue weighted by Crippen LogP contribution is 2.39. The molecule has 0 aliphatic carbocycles. The molecule has 1 aromatic carbocycles. The number of methoxy groups -OCH3 is 1. The summed E-state index contributed by atoms with van der Waals surface area (Å²) in [6.45, 7) is 8.42. The summed E-state index contributed by atoms with van der Waals surface area (Å²) in [5, 5.41) is 9.09. The van der Waals surface area contributed by atoms with E-state index < -0.39 is 5.72 Å². The standard InChI is InChI=1S/C18H27N2O3P/c1-13(2)20(14(3)4)18(23-24,11-6-12-19)16-9-7-15(8-10-16)17(21)22-5/h7-10,13-14H,6,11,24H2,1-5H3. The van der Waals surface area contributed by atoms with Crippen LogP contribution in [0, 0.1) is 11.3 Å². The zero-order valence-electron chi connectivity index (χ0n) is 15.1.